The van der Waals surface area contributed by atoms with Crippen LogP contribution >= 0.6 is 0 Å². The Kier molecular flexibility index (Phi) is 7.20. The van der Waals surface area contributed by atoms with Crippen LogP contribution in [0, 0.1) is 36.0 Å². The number of benzene rings is 3. The molecule has 0 saturated heterocycles. The fourth-order valence-corrected chi connectivity index (χ4v) is 3.46. The molecule has 3 aromatic rings. The summed E-state index contributed by atoms with van der Waals surface area (Å²) in [6.07, 6.45) is 0. The fourth-order valence-electron chi connectivity index (χ4n) is 3.46. The minimum atomic E-state index is -2.21. The van der Waals surface area contributed by atoms with Gasteiger partial charge in [-0.2, -0.15) is 0 Å². The number of hydrogen-bond acceptors (Lipinski definition) is 1. The van der Waals surface area contributed by atoms with Crippen LogP contribution in [0.1, 0.15) is 61.8 Å². The van der Waals surface area contributed by atoms with Gasteiger partial charge in [0.05, 0.1) is 5.69 Å². The Hall–Kier alpha value is -3.22. The van der Waals surface area contributed by atoms with Gasteiger partial charge in [-0.15, -0.1) is 0 Å². The first-order valence-corrected chi connectivity index (χ1v) is 10.6. The maximum Gasteiger partial charge on any atom is 0.200 e. The topological polar surface area (TPSA) is 24.4 Å². The lowest BCUT2D eigenvalue weighted by Gasteiger charge is -2.19. The first-order chi connectivity index (χ1) is 15.5. The number of amidine groups is 1. The third kappa shape index (κ3) is 4.92. The molecule has 3 rings (SSSR count). The first kappa shape index (κ1) is 24.4. The summed E-state index contributed by atoms with van der Waals surface area (Å²) in [6, 6.07) is 12.6. The number of rotatable bonds is 5. The highest BCUT2D eigenvalue weighted by atomic mass is 19.2. The van der Waals surface area contributed by atoms with Crippen molar-refractivity contribution in [1.29, 1.82) is 0 Å². The third-order valence-electron chi connectivity index (χ3n) is 5.34. The highest BCUT2D eigenvalue weighted by molar-refractivity contribution is 6.09. The lowest BCUT2D eigenvalue weighted by Crippen LogP contribution is -2.18. The maximum absolute atomic E-state index is 14.5. The molecule has 7 heteroatoms. The minimum absolute atomic E-state index is 0.0341. The quantitative estimate of drug-likeness (QED) is 0.134. The normalized spacial score (nSPS) is 12.1. The van der Waals surface area contributed by atoms with Crippen LogP contribution in [0.25, 0.3) is 0 Å². The van der Waals surface area contributed by atoms with E-state index in [2.05, 4.69) is 5.32 Å². The van der Waals surface area contributed by atoms with Crippen molar-refractivity contribution in [3.63, 3.8) is 0 Å². The summed E-state index contributed by atoms with van der Waals surface area (Å²) in [5, 5.41) is 2.39. The van der Waals surface area contributed by atoms with Gasteiger partial charge in [0.25, 0.3) is 0 Å². The van der Waals surface area contributed by atoms with Gasteiger partial charge in [-0.1, -0.05) is 75.7 Å². The molecule has 0 radical (unpaired) electrons. The van der Waals surface area contributed by atoms with Gasteiger partial charge in [0.2, 0.25) is 5.82 Å². The molecule has 0 aliphatic carbocycles. The minimum Gasteiger partial charge on any atom is -0.335 e. The predicted molar refractivity (Wildman–Crippen MR) is 122 cm³/mol. The molecule has 0 amide bonds. The fraction of sp³-hybridized carbons (Fsp3) is 0.269. The summed E-state index contributed by atoms with van der Waals surface area (Å²) >= 11 is 0. The summed E-state index contributed by atoms with van der Waals surface area (Å²) < 4.78 is 70.1. The molecule has 0 aliphatic heterocycles. The van der Waals surface area contributed by atoms with Crippen molar-refractivity contribution in [1.82, 2.24) is 0 Å². The van der Waals surface area contributed by atoms with E-state index in [0.717, 1.165) is 16.7 Å². The molecule has 0 aliphatic rings. The summed E-state index contributed by atoms with van der Waals surface area (Å²) in [4.78, 5) is 4.69. The van der Waals surface area contributed by atoms with Crippen molar-refractivity contribution in [3.05, 3.63) is 93.8 Å². The van der Waals surface area contributed by atoms with Gasteiger partial charge in [-0.25, -0.2) is 26.9 Å². The number of hydrogen-bond donors (Lipinski definition) is 1. The highest BCUT2D eigenvalue weighted by Crippen LogP contribution is 2.36. The number of nitrogens with zero attached hydrogens (tertiary/aromatic N) is 1. The van der Waals surface area contributed by atoms with Gasteiger partial charge >= 0.3 is 0 Å². The zero-order valence-corrected chi connectivity index (χ0v) is 19.0. The number of halogens is 5. The Bertz CT molecular complexity index is 1140. The molecular weight excluding hydrogens is 435 g/mol. The van der Waals surface area contributed by atoms with E-state index in [0.29, 0.717) is 11.3 Å². The SMILES string of the molecule is Cc1ccc(C(=Nc2c(C(C)C)cccc2C(C)C)Nc2c(F)c(F)c(F)c(F)c2F)cc1. The van der Waals surface area contributed by atoms with Gasteiger partial charge in [-0.05, 0) is 29.9 Å². The van der Waals surface area contributed by atoms with E-state index in [9.17, 15) is 22.0 Å². The lowest BCUT2D eigenvalue weighted by molar-refractivity contribution is 0.382. The largest absolute Gasteiger partial charge is 0.335 e. The van der Waals surface area contributed by atoms with Crippen molar-refractivity contribution < 1.29 is 22.0 Å². The monoisotopic (exact) mass is 460 g/mol. The second kappa shape index (κ2) is 9.73. The zero-order valence-electron chi connectivity index (χ0n) is 19.0. The molecule has 2 nitrogen and oxygen atoms in total. The molecule has 0 heterocycles. The van der Waals surface area contributed by atoms with Crippen molar-refractivity contribution in [2.24, 2.45) is 4.99 Å². The Morgan fingerprint density at radius 3 is 1.61 bits per heavy atom. The van der Waals surface area contributed by atoms with Crippen molar-refractivity contribution in [3.8, 4) is 0 Å². The first-order valence-electron chi connectivity index (χ1n) is 10.6. The molecular formula is C26H25F5N2. The maximum atomic E-state index is 14.5. The third-order valence-corrected chi connectivity index (χ3v) is 5.34. The van der Waals surface area contributed by atoms with Crippen LogP contribution in [0.15, 0.2) is 47.5 Å². The Labute approximate surface area is 190 Å². The molecule has 174 valence electrons. The van der Waals surface area contributed by atoms with Gasteiger partial charge in [0, 0.05) is 5.56 Å². The van der Waals surface area contributed by atoms with Crippen molar-refractivity contribution in [2.75, 3.05) is 5.32 Å². The van der Waals surface area contributed by atoms with Crippen molar-refractivity contribution in [2.45, 2.75) is 46.5 Å². The average Bonchev–Trinajstić information content (AvgIpc) is 2.78. The van der Waals surface area contributed by atoms with Crippen LogP contribution in [0.2, 0.25) is 0 Å². The zero-order chi connectivity index (χ0) is 24.4. The molecule has 0 bridgehead atoms. The summed E-state index contributed by atoms with van der Waals surface area (Å²) in [5.74, 6) is -10.0. The average molecular weight is 460 g/mol. The van der Waals surface area contributed by atoms with Crippen LogP contribution < -0.4 is 5.32 Å². The van der Waals surface area contributed by atoms with Gasteiger partial charge < -0.3 is 5.32 Å². The molecule has 3 aromatic carbocycles. The van der Waals surface area contributed by atoms with Crippen LogP contribution in [-0.4, -0.2) is 5.84 Å². The molecule has 1 N–H and O–H groups in total. The van der Waals surface area contributed by atoms with E-state index in [1.165, 1.54) is 0 Å². The van der Waals surface area contributed by atoms with E-state index in [-0.39, 0.29) is 17.7 Å². The van der Waals surface area contributed by atoms with E-state index >= 15 is 0 Å². The van der Waals surface area contributed by atoms with E-state index in [1.54, 1.807) is 24.3 Å². The number of nitrogens with one attached hydrogen (secondary N) is 1. The number of para-hydroxylation sites is 1. The van der Waals surface area contributed by atoms with Gasteiger partial charge in [0.1, 0.15) is 11.5 Å². The standard InChI is InChI=1S/C26H25F5N2/c1-13(2)17-7-6-8-18(14(3)4)24(17)32-26(16-11-9-15(5)10-12-16)33-25-22(30)20(28)19(27)21(29)23(25)31/h6-14H,1-5H3,(H,32,33). The van der Waals surface area contributed by atoms with E-state index in [1.807, 2.05) is 52.8 Å². The highest BCUT2D eigenvalue weighted by Gasteiger charge is 2.27. The molecule has 0 atom stereocenters. The van der Waals surface area contributed by atoms with Gasteiger partial charge in [0.15, 0.2) is 23.3 Å². The smallest absolute Gasteiger partial charge is 0.200 e. The van der Waals surface area contributed by atoms with E-state index < -0.39 is 34.8 Å². The molecule has 0 spiro atoms. The molecule has 0 unspecified atom stereocenters. The van der Waals surface area contributed by atoms with E-state index in [4.69, 9.17) is 4.99 Å². The second-order valence-electron chi connectivity index (χ2n) is 8.49. The number of anilines is 1. The lowest BCUT2D eigenvalue weighted by atomic mass is 9.93. The molecule has 0 aromatic heterocycles. The summed E-state index contributed by atoms with van der Waals surface area (Å²) in [7, 11) is 0. The van der Waals surface area contributed by atoms with Crippen LogP contribution in [0.3, 0.4) is 0 Å². The number of aryl methyl sites for hydroxylation is 1. The second-order valence-corrected chi connectivity index (χ2v) is 8.49. The summed E-state index contributed by atoms with van der Waals surface area (Å²) in [5.41, 5.74) is 2.58. The van der Waals surface area contributed by atoms with Crippen LogP contribution in [-0.2, 0) is 0 Å². The predicted octanol–water partition coefficient (Wildman–Crippen LogP) is 8.13. The molecule has 0 saturated carbocycles. The Morgan fingerprint density at radius 1 is 0.697 bits per heavy atom. The Balaban J connectivity index is 2.29. The van der Waals surface area contributed by atoms with Crippen molar-refractivity contribution >= 4 is 17.2 Å². The van der Waals surface area contributed by atoms with Crippen LogP contribution in [0.4, 0.5) is 33.3 Å². The number of aliphatic imine (C=N–C) groups is 1. The summed E-state index contributed by atoms with van der Waals surface area (Å²) in [6.45, 7) is 9.81. The molecule has 33 heavy (non-hydrogen) atoms. The van der Waals surface area contributed by atoms with Crippen LogP contribution in [0.5, 0.6) is 0 Å². The van der Waals surface area contributed by atoms with Gasteiger partial charge in [-0.3, -0.25) is 0 Å². The molecule has 0 fully saturated rings. The Morgan fingerprint density at radius 2 is 1.15 bits per heavy atom.